The third-order valence-corrected chi connectivity index (χ3v) is 2.53. The van der Waals surface area contributed by atoms with Gasteiger partial charge in [-0.2, -0.15) is 0 Å². The number of rotatable bonds is 5. The van der Waals surface area contributed by atoms with Crippen LogP contribution < -0.4 is 5.32 Å². The van der Waals surface area contributed by atoms with Gasteiger partial charge in [0, 0.05) is 11.6 Å². The second-order valence-corrected chi connectivity index (χ2v) is 3.77. The van der Waals surface area contributed by atoms with Crippen LogP contribution in [0.15, 0.2) is 24.3 Å². The summed E-state index contributed by atoms with van der Waals surface area (Å²) >= 11 is 0. The molecule has 0 radical (unpaired) electrons. The monoisotopic (exact) mass is 225 g/mol. The summed E-state index contributed by atoms with van der Waals surface area (Å²) in [6.07, 6.45) is 0.790. The number of benzene rings is 1. The van der Waals surface area contributed by atoms with Crippen LogP contribution in [-0.2, 0) is 4.79 Å². The Morgan fingerprint density at radius 1 is 1.50 bits per heavy atom. The highest BCUT2D eigenvalue weighted by Gasteiger charge is 2.23. The fraction of sp³-hybridized carbons (Fsp3) is 0.417. The molecule has 0 aliphatic carbocycles. The summed E-state index contributed by atoms with van der Waals surface area (Å²) in [6.45, 7) is 3.81. The molecule has 3 nitrogen and oxygen atoms in total. The molecule has 2 atom stereocenters. The molecule has 0 aliphatic heterocycles. The standard InChI is InChI=1S/C12H16FNO2/c1-3-8(2)14-11(12(15)16)9-6-4-5-7-10(9)13/h4-8,11,14H,3H2,1-2H3,(H,15,16). The van der Waals surface area contributed by atoms with Crippen molar-refractivity contribution in [3.63, 3.8) is 0 Å². The highest BCUT2D eigenvalue weighted by molar-refractivity contribution is 5.75. The van der Waals surface area contributed by atoms with Gasteiger partial charge in [0.2, 0.25) is 0 Å². The fourth-order valence-corrected chi connectivity index (χ4v) is 1.41. The summed E-state index contributed by atoms with van der Waals surface area (Å²) in [5, 5.41) is 12.0. The maximum absolute atomic E-state index is 13.5. The Hall–Kier alpha value is -1.42. The summed E-state index contributed by atoms with van der Waals surface area (Å²) in [4.78, 5) is 11.1. The van der Waals surface area contributed by atoms with E-state index in [0.717, 1.165) is 6.42 Å². The number of aliphatic carboxylic acids is 1. The molecule has 0 spiro atoms. The van der Waals surface area contributed by atoms with E-state index in [9.17, 15) is 9.18 Å². The molecule has 2 unspecified atom stereocenters. The molecular formula is C12H16FNO2. The second-order valence-electron chi connectivity index (χ2n) is 3.77. The molecule has 0 bridgehead atoms. The van der Waals surface area contributed by atoms with Crippen molar-refractivity contribution < 1.29 is 14.3 Å². The predicted octanol–water partition coefficient (Wildman–Crippen LogP) is 2.34. The van der Waals surface area contributed by atoms with Crippen molar-refractivity contribution in [3.05, 3.63) is 35.6 Å². The van der Waals surface area contributed by atoms with Crippen LogP contribution in [0.3, 0.4) is 0 Å². The summed E-state index contributed by atoms with van der Waals surface area (Å²) in [5.41, 5.74) is 0.176. The van der Waals surface area contributed by atoms with E-state index in [1.54, 1.807) is 12.1 Å². The number of halogens is 1. The number of carboxylic acid groups (broad SMARTS) is 1. The molecule has 1 aromatic rings. The van der Waals surface area contributed by atoms with Crippen LogP contribution >= 0.6 is 0 Å². The van der Waals surface area contributed by atoms with Crippen LogP contribution in [0, 0.1) is 5.82 Å². The summed E-state index contributed by atoms with van der Waals surface area (Å²) < 4.78 is 13.5. The van der Waals surface area contributed by atoms with Gasteiger partial charge in [-0.1, -0.05) is 25.1 Å². The molecule has 1 aromatic carbocycles. The van der Waals surface area contributed by atoms with Crippen molar-refractivity contribution in [1.82, 2.24) is 5.32 Å². The van der Waals surface area contributed by atoms with Gasteiger partial charge in [0.15, 0.2) is 0 Å². The van der Waals surface area contributed by atoms with Crippen molar-refractivity contribution in [2.24, 2.45) is 0 Å². The zero-order chi connectivity index (χ0) is 12.1. The van der Waals surface area contributed by atoms with Crippen LogP contribution in [-0.4, -0.2) is 17.1 Å². The van der Waals surface area contributed by atoms with Gasteiger partial charge in [-0.05, 0) is 19.4 Å². The van der Waals surface area contributed by atoms with Crippen molar-refractivity contribution in [2.75, 3.05) is 0 Å². The number of carboxylic acids is 1. The third-order valence-electron chi connectivity index (χ3n) is 2.53. The lowest BCUT2D eigenvalue weighted by Crippen LogP contribution is -2.35. The van der Waals surface area contributed by atoms with Crippen LogP contribution in [0.1, 0.15) is 31.9 Å². The Kier molecular flexibility index (Phi) is 4.43. The number of hydrogen-bond donors (Lipinski definition) is 2. The van der Waals surface area contributed by atoms with E-state index in [4.69, 9.17) is 5.11 Å². The zero-order valence-corrected chi connectivity index (χ0v) is 9.40. The van der Waals surface area contributed by atoms with Crippen LogP contribution in [0.2, 0.25) is 0 Å². The lowest BCUT2D eigenvalue weighted by atomic mass is 10.0. The van der Waals surface area contributed by atoms with Gasteiger partial charge in [-0.3, -0.25) is 10.1 Å². The number of hydrogen-bond acceptors (Lipinski definition) is 2. The first kappa shape index (κ1) is 12.6. The molecular weight excluding hydrogens is 209 g/mol. The van der Waals surface area contributed by atoms with Crippen LogP contribution in [0.5, 0.6) is 0 Å². The number of nitrogens with one attached hydrogen (secondary N) is 1. The minimum Gasteiger partial charge on any atom is -0.480 e. The minimum absolute atomic E-state index is 0.0284. The van der Waals surface area contributed by atoms with Crippen molar-refractivity contribution in [2.45, 2.75) is 32.4 Å². The van der Waals surface area contributed by atoms with Crippen molar-refractivity contribution >= 4 is 5.97 Å². The van der Waals surface area contributed by atoms with E-state index in [1.807, 2.05) is 13.8 Å². The topological polar surface area (TPSA) is 49.3 Å². The van der Waals surface area contributed by atoms with E-state index < -0.39 is 17.8 Å². The SMILES string of the molecule is CCC(C)NC(C(=O)O)c1ccccc1F. The lowest BCUT2D eigenvalue weighted by molar-refractivity contribution is -0.140. The van der Waals surface area contributed by atoms with E-state index in [0.29, 0.717) is 0 Å². The van der Waals surface area contributed by atoms with Gasteiger partial charge < -0.3 is 5.11 Å². The Morgan fingerprint density at radius 2 is 2.12 bits per heavy atom. The molecule has 4 heteroatoms. The summed E-state index contributed by atoms with van der Waals surface area (Å²) in [6, 6.07) is 4.97. The van der Waals surface area contributed by atoms with Gasteiger partial charge in [0.1, 0.15) is 11.9 Å². The molecule has 2 N–H and O–H groups in total. The van der Waals surface area contributed by atoms with Crippen molar-refractivity contribution in [1.29, 1.82) is 0 Å². The molecule has 0 saturated heterocycles. The molecule has 88 valence electrons. The Morgan fingerprint density at radius 3 is 2.62 bits per heavy atom. The normalized spacial score (nSPS) is 14.4. The highest BCUT2D eigenvalue weighted by Crippen LogP contribution is 2.18. The van der Waals surface area contributed by atoms with Gasteiger partial charge in [-0.25, -0.2) is 4.39 Å². The molecule has 0 amide bonds. The van der Waals surface area contributed by atoms with Gasteiger partial charge in [-0.15, -0.1) is 0 Å². The largest absolute Gasteiger partial charge is 0.480 e. The third kappa shape index (κ3) is 3.03. The smallest absolute Gasteiger partial charge is 0.325 e. The Labute approximate surface area is 94.3 Å². The fourth-order valence-electron chi connectivity index (χ4n) is 1.41. The van der Waals surface area contributed by atoms with E-state index in [2.05, 4.69) is 5.32 Å². The van der Waals surface area contributed by atoms with E-state index in [-0.39, 0.29) is 11.6 Å². The van der Waals surface area contributed by atoms with E-state index in [1.165, 1.54) is 12.1 Å². The lowest BCUT2D eigenvalue weighted by Gasteiger charge is -2.19. The molecule has 0 fully saturated rings. The average molecular weight is 225 g/mol. The molecule has 0 aliphatic rings. The quantitative estimate of drug-likeness (QED) is 0.808. The maximum atomic E-state index is 13.5. The predicted molar refractivity (Wildman–Crippen MR) is 59.7 cm³/mol. The summed E-state index contributed by atoms with van der Waals surface area (Å²) in [7, 11) is 0. The molecule has 0 heterocycles. The zero-order valence-electron chi connectivity index (χ0n) is 9.40. The maximum Gasteiger partial charge on any atom is 0.325 e. The van der Waals surface area contributed by atoms with Crippen LogP contribution in [0.4, 0.5) is 4.39 Å². The molecule has 0 saturated carbocycles. The first-order valence-corrected chi connectivity index (χ1v) is 5.29. The highest BCUT2D eigenvalue weighted by atomic mass is 19.1. The summed E-state index contributed by atoms with van der Waals surface area (Å²) in [5.74, 6) is -1.56. The minimum atomic E-state index is -1.06. The van der Waals surface area contributed by atoms with Gasteiger partial charge >= 0.3 is 5.97 Å². The first-order valence-electron chi connectivity index (χ1n) is 5.29. The van der Waals surface area contributed by atoms with Gasteiger partial charge in [0.05, 0.1) is 0 Å². The van der Waals surface area contributed by atoms with Gasteiger partial charge in [0.25, 0.3) is 0 Å². The number of carbonyl (C=O) groups is 1. The molecule has 0 aromatic heterocycles. The average Bonchev–Trinajstić information content (AvgIpc) is 2.26. The Balaban J connectivity index is 2.94. The second kappa shape index (κ2) is 5.61. The van der Waals surface area contributed by atoms with Crippen molar-refractivity contribution in [3.8, 4) is 0 Å². The first-order chi connectivity index (χ1) is 7.56. The van der Waals surface area contributed by atoms with Crippen LogP contribution in [0.25, 0.3) is 0 Å². The Bertz CT molecular complexity index is 368. The molecule has 16 heavy (non-hydrogen) atoms. The van der Waals surface area contributed by atoms with E-state index >= 15 is 0 Å². The molecule has 1 rings (SSSR count).